The fraction of sp³-hybridized carbons (Fsp3) is 0.357. The normalized spacial score (nSPS) is 18.8. The van der Waals surface area contributed by atoms with Crippen LogP contribution >= 0.6 is 24.0 Å². The van der Waals surface area contributed by atoms with Gasteiger partial charge in [0.2, 0.25) is 11.0 Å². The molecule has 104 valence electrons. The lowest BCUT2D eigenvalue weighted by atomic mass is 10.1. The molecule has 6 heteroatoms. The van der Waals surface area contributed by atoms with Crippen LogP contribution in [0.3, 0.4) is 0 Å². The van der Waals surface area contributed by atoms with Crippen LogP contribution in [-0.4, -0.2) is 28.4 Å². The first-order valence-electron chi connectivity index (χ1n) is 6.49. The van der Waals surface area contributed by atoms with E-state index in [1.165, 1.54) is 16.9 Å². The largest absolute Gasteiger partial charge is 0.286 e. The number of benzene rings is 1. The zero-order valence-corrected chi connectivity index (χ0v) is 12.8. The number of hydrogen-bond donors (Lipinski definition) is 1. The number of hydrogen-bond acceptors (Lipinski definition) is 5. The van der Waals surface area contributed by atoms with Crippen molar-refractivity contribution < 1.29 is 4.79 Å². The molecule has 1 amide bonds. The zero-order valence-electron chi connectivity index (χ0n) is 11.1. The molecule has 1 aliphatic heterocycles. The summed E-state index contributed by atoms with van der Waals surface area (Å²) >= 11 is 5.74. The van der Waals surface area contributed by atoms with Crippen molar-refractivity contribution in [1.82, 2.24) is 10.2 Å². The first-order chi connectivity index (χ1) is 9.67. The maximum absolute atomic E-state index is 12.0. The number of amides is 1. The minimum atomic E-state index is 0.121. The van der Waals surface area contributed by atoms with E-state index in [2.05, 4.69) is 28.9 Å². The molecule has 0 bridgehead atoms. The van der Waals surface area contributed by atoms with E-state index in [9.17, 15) is 4.79 Å². The second-order valence-corrected chi connectivity index (χ2v) is 6.34. The summed E-state index contributed by atoms with van der Waals surface area (Å²) in [6.45, 7) is 2.75. The van der Waals surface area contributed by atoms with Crippen LogP contribution in [0.4, 0.5) is 5.13 Å². The van der Waals surface area contributed by atoms with Gasteiger partial charge in [0, 0.05) is 18.5 Å². The SMILES string of the molecule is Cc1cccc(-c2nnc(N3CC(CS)CC3=O)s2)c1. The highest BCUT2D eigenvalue weighted by atomic mass is 32.1. The predicted octanol–water partition coefficient (Wildman–Crippen LogP) is 2.80. The van der Waals surface area contributed by atoms with Gasteiger partial charge in [-0.1, -0.05) is 35.1 Å². The number of aryl methyl sites for hydroxylation is 1. The average molecular weight is 305 g/mol. The molecule has 0 spiro atoms. The number of anilines is 1. The van der Waals surface area contributed by atoms with E-state index in [4.69, 9.17) is 0 Å². The molecule has 0 aliphatic carbocycles. The van der Waals surface area contributed by atoms with Gasteiger partial charge in [-0.15, -0.1) is 10.2 Å². The predicted molar refractivity (Wildman–Crippen MR) is 84.4 cm³/mol. The van der Waals surface area contributed by atoms with Gasteiger partial charge in [0.15, 0.2) is 0 Å². The first-order valence-corrected chi connectivity index (χ1v) is 7.94. The molecule has 2 aromatic rings. The van der Waals surface area contributed by atoms with Crippen molar-refractivity contribution >= 4 is 35.0 Å². The van der Waals surface area contributed by atoms with Gasteiger partial charge < -0.3 is 0 Å². The highest BCUT2D eigenvalue weighted by Crippen LogP contribution is 2.32. The molecule has 0 radical (unpaired) electrons. The monoisotopic (exact) mass is 305 g/mol. The molecule has 1 atom stereocenters. The molecule has 2 heterocycles. The fourth-order valence-corrected chi connectivity index (χ4v) is 3.42. The Balaban J connectivity index is 1.86. The van der Waals surface area contributed by atoms with E-state index in [1.54, 1.807) is 4.90 Å². The van der Waals surface area contributed by atoms with Gasteiger partial charge in [0.1, 0.15) is 5.01 Å². The maximum atomic E-state index is 12.0. The molecule has 0 saturated carbocycles. The maximum Gasteiger partial charge on any atom is 0.229 e. The molecule has 1 fully saturated rings. The Labute approximate surface area is 127 Å². The van der Waals surface area contributed by atoms with Gasteiger partial charge in [0.05, 0.1) is 0 Å². The van der Waals surface area contributed by atoms with Gasteiger partial charge in [-0.2, -0.15) is 12.6 Å². The quantitative estimate of drug-likeness (QED) is 0.887. The number of carbonyl (C=O) groups is 1. The topological polar surface area (TPSA) is 46.1 Å². The Kier molecular flexibility index (Phi) is 3.76. The van der Waals surface area contributed by atoms with E-state index in [0.717, 1.165) is 16.3 Å². The Morgan fingerprint density at radius 2 is 2.30 bits per heavy atom. The Bertz CT molecular complexity index is 641. The molecule has 1 saturated heterocycles. The number of rotatable bonds is 3. The number of carbonyl (C=O) groups excluding carboxylic acids is 1. The smallest absolute Gasteiger partial charge is 0.229 e. The van der Waals surface area contributed by atoms with E-state index in [-0.39, 0.29) is 5.91 Å². The highest BCUT2D eigenvalue weighted by molar-refractivity contribution is 7.80. The number of thiol groups is 1. The third-order valence-electron chi connectivity index (χ3n) is 3.37. The second kappa shape index (κ2) is 5.54. The summed E-state index contributed by atoms with van der Waals surface area (Å²) in [5, 5.41) is 9.93. The number of nitrogens with zero attached hydrogens (tertiary/aromatic N) is 3. The van der Waals surface area contributed by atoms with Crippen LogP contribution in [0.1, 0.15) is 12.0 Å². The van der Waals surface area contributed by atoms with Crippen LogP contribution in [0.25, 0.3) is 10.6 Å². The second-order valence-electron chi connectivity index (χ2n) is 5.02. The van der Waals surface area contributed by atoms with Crippen LogP contribution in [0, 0.1) is 12.8 Å². The molecule has 0 N–H and O–H groups in total. The summed E-state index contributed by atoms with van der Waals surface area (Å²) in [5.41, 5.74) is 2.23. The van der Waals surface area contributed by atoms with E-state index in [1.807, 2.05) is 25.1 Å². The van der Waals surface area contributed by atoms with E-state index in [0.29, 0.717) is 24.0 Å². The molecule has 20 heavy (non-hydrogen) atoms. The van der Waals surface area contributed by atoms with Crippen LogP contribution in [0.15, 0.2) is 24.3 Å². The Morgan fingerprint density at radius 1 is 1.45 bits per heavy atom. The van der Waals surface area contributed by atoms with Crippen molar-refractivity contribution in [3.05, 3.63) is 29.8 Å². The van der Waals surface area contributed by atoms with Crippen LogP contribution in [0.5, 0.6) is 0 Å². The molecular formula is C14H15N3OS2. The highest BCUT2D eigenvalue weighted by Gasteiger charge is 2.31. The number of aromatic nitrogens is 2. The third-order valence-corrected chi connectivity index (χ3v) is 4.89. The van der Waals surface area contributed by atoms with Crippen LogP contribution in [-0.2, 0) is 4.79 Å². The van der Waals surface area contributed by atoms with Crippen molar-refractivity contribution in [3.63, 3.8) is 0 Å². The van der Waals surface area contributed by atoms with Gasteiger partial charge in [-0.25, -0.2) is 0 Å². The molecule has 1 aromatic heterocycles. The molecular weight excluding hydrogens is 290 g/mol. The van der Waals surface area contributed by atoms with Crippen molar-refractivity contribution in [1.29, 1.82) is 0 Å². The molecule has 1 aromatic carbocycles. The lowest BCUT2D eigenvalue weighted by Gasteiger charge is -2.10. The van der Waals surface area contributed by atoms with Crippen molar-refractivity contribution in [2.45, 2.75) is 13.3 Å². The molecule has 1 aliphatic rings. The van der Waals surface area contributed by atoms with Crippen LogP contribution < -0.4 is 4.90 Å². The minimum absolute atomic E-state index is 0.121. The van der Waals surface area contributed by atoms with E-state index >= 15 is 0 Å². The molecule has 3 rings (SSSR count). The average Bonchev–Trinajstić information content (AvgIpc) is 3.05. The summed E-state index contributed by atoms with van der Waals surface area (Å²) in [6, 6.07) is 8.14. The van der Waals surface area contributed by atoms with E-state index < -0.39 is 0 Å². The summed E-state index contributed by atoms with van der Waals surface area (Å²) in [7, 11) is 0. The summed E-state index contributed by atoms with van der Waals surface area (Å²) in [4.78, 5) is 13.7. The Hall–Kier alpha value is -1.40. The third kappa shape index (κ3) is 2.58. The lowest BCUT2D eigenvalue weighted by molar-refractivity contribution is -0.117. The molecule has 1 unspecified atom stereocenters. The summed E-state index contributed by atoms with van der Waals surface area (Å²) in [6.07, 6.45) is 0.558. The molecule has 4 nitrogen and oxygen atoms in total. The summed E-state index contributed by atoms with van der Waals surface area (Å²) < 4.78 is 0. The van der Waals surface area contributed by atoms with Gasteiger partial charge >= 0.3 is 0 Å². The minimum Gasteiger partial charge on any atom is -0.286 e. The fourth-order valence-electron chi connectivity index (χ4n) is 2.31. The van der Waals surface area contributed by atoms with Gasteiger partial charge in [-0.3, -0.25) is 9.69 Å². The first kappa shape index (κ1) is 13.6. The van der Waals surface area contributed by atoms with Gasteiger partial charge in [-0.05, 0) is 24.7 Å². The van der Waals surface area contributed by atoms with Crippen molar-refractivity contribution in [2.24, 2.45) is 5.92 Å². The lowest BCUT2D eigenvalue weighted by Crippen LogP contribution is -2.24. The van der Waals surface area contributed by atoms with Crippen molar-refractivity contribution in [2.75, 3.05) is 17.2 Å². The van der Waals surface area contributed by atoms with Crippen LogP contribution in [0.2, 0.25) is 0 Å². The summed E-state index contributed by atoms with van der Waals surface area (Å²) in [5.74, 6) is 1.17. The Morgan fingerprint density at radius 3 is 3.00 bits per heavy atom. The van der Waals surface area contributed by atoms with Gasteiger partial charge in [0.25, 0.3) is 0 Å². The standard InChI is InChI=1S/C14H15N3OS2/c1-9-3-2-4-11(5-9)13-15-16-14(20-13)17-7-10(8-19)6-12(17)18/h2-5,10,19H,6-8H2,1H3. The zero-order chi connectivity index (χ0) is 14.1. The van der Waals surface area contributed by atoms with Crippen molar-refractivity contribution in [3.8, 4) is 10.6 Å².